The van der Waals surface area contributed by atoms with Crippen LogP contribution in [0.2, 0.25) is 0 Å². The fourth-order valence-electron chi connectivity index (χ4n) is 3.68. The normalized spacial score (nSPS) is 20.1. The summed E-state index contributed by atoms with van der Waals surface area (Å²) >= 11 is 0. The zero-order chi connectivity index (χ0) is 20.6. The predicted octanol–water partition coefficient (Wildman–Crippen LogP) is 2.70. The number of hydrogen-bond donors (Lipinski definition) is 0. The Bertz CT molecular complexity index is 929. The smallest absolute Gasteiger partial charge is 0.433 e. The zero-order valence-corrected chi connectivity index (χ0v) is 15.9. The Morgan fingerprint density at radius 2 is 2.10 bits per heavy atom. The summed E-state index contributed by atoms with van der Waals surface area (Å²) in [7, 11) is 1.40. The van der Waals surface area contributed by atoms with Crippen LogP contribution in [-0.4, -0.2) is 47.2 Å². The Morgan fingerprint density at radius 1 is 1.31 bits per heavy atom. The van der Waals surface area contributed by atoms with E-state index in [1.165, 1.54) is 25.6 Å². The van der Waals surface area contributed by atoms with Gasteiger partial charge in [0.1, 0.15) is 17.7 Å². The third-order valence-electron chi connectivity index (χ3n) is 5.20. The van der Waals surface area contributed by atoms with Gasteiger partial charge in [-0.2, -0.15) is 13.2 Å². The van der Waals surface area contributed by atoms with Crippen LogP contribution in [0.1, 0.15) is 30.7 Å². The number of ether oxygens (including phenoxy) is 1. The zero-order valence-electron chi connectivity index (χ0n) is 15.9. The summed E-state index contributed by atoms with van der Waals surface area (Å²) in [4.78, 5) is 23.8. The number of alkyl halides is 3. The van der Waals surface area contributed by atoms with Crippen molar-refractivity contribution in [1.29, 1.82) is 0 Å². The molecule has 2 fully saturated rings. The van der Waals surface area contributed by atoms with Crippen molar-refractivity contribution in [2.75, 3.05) is 25.1 Å². The first-order chi connectivity index (χ1) is 13.8. The first kappa shape index (κ1) is 19.7. The van der Waals surface area contributed by atoms with E-state index in [1.54, 1.807) is 0 Å². The predicted molar refractivity (Wildman–Crippen MR) is 97.7 cm³/mol. The van der Waals surface area contributed by atoms with Gasteiger partial charge in [-0.1, -0.05) is 0 Å². The molecule has 0 aromatic carbocycles. The second-order valence-corrected chi connectivity index (χ2v) is 7.33. The lowest BCUT2D eigenvalue weighted by atomic mass is 10.2. The highest BCUT2D eigenvalue weighted by molar-refractivity contribution is 5.37. The maximum atomic E-state index is 13.1. The minimum absolute atomic E-state index is 0.0101. The Hall–Kier alpha value is -2.62. The van der Waals surface area contributed by atoms with Crippen LogP contribution in [0.4, 0.5) is 19.1 Å². The number of aromatic nitrogens is 2. The molecule has 2 aliphatic rings. The lowest BCUT2D eigenvalue weighted by Crippen LogP contribution is -2.40. The SMILES string of the molecule is COc1coc(CN2CCC(N(c3nccc(C(F)(F)F)n3)C3CC3)C2)cc1=O. The highest BCUT2D eigenvalue weighted by Gasteiger charge is 2.40. The summed E-state index contributed by atoms with van der Waals surface area (Å²) in [6.07, 6.45) is 0.571. The highest BCUT2D eigenvalue weighted by Crippen LogP contribution is 2.36. The molecule has 7 nitrogen and oxygen atoms in total. The average Bonchev–Trinajstić information content (AvgIpc) is 3.41. The third-order valence-corrected chi connectivity index (χ3v) is 5.20. The minimum Gasteiger partial charge on any atom is -0.490 e. The molecule has 156 valence electrons. The van der Waals surface area contributed by atoms with Gasteiger partial charge >= 0.3 is 6.18 Å². The van der Waals surface area contributed by atoms with Gasteiger partial charge in [0.15, 0.2) is 0 Å². The van der Waals surface area contributed by atoms with Gasteiger partial charge in [0.2, 0.25) is 17.1 Å². The van der Waals surface area contributed by atoms with Crippen LogP contribution in [-0.2, 0) is 12.7 Å². The van der Waals surface area contributed by atoms with Crippen molar-refractivity contribution in [2.24, 2.45) is 0 Å². The van der Waals surface area contributed by atoms with Crippen molar-refractivity contribution >= 4 is 5.95 Å². The summed E-state index contributed by atoms with van der Waals surface area (Å²) in [5.74, 6) is 0.796. The fourth-order valence-corrected chi connectivity index (χ4v) is 3.68. The Labute approximate surface area is 165 Å². The molecule has 0 N–H and O–H groups in total. The van der Waals surface area contributed by atoms with Crippen LogP contribution in [0.5, 0.6) is 5.75 Å². The van der Waals surface area contributed by atoms with Crippen molar-refractivity contribution in [3.05, 3.63) is 46.3 Å². The molecule has 0 spiro atoms. The quantitative estimate of drug-likeness (QED) is 0.725. The Balaban J connectivity index is 1.48. The van der Waals surface area contributed by atoms with Crippen LogP contribution in [0, 0.1) is 0 Å². The standard InChI is InChI=1S/C19H21F3N4O3/c1-28-16-11-29-14(8-15(16)27)10-25-7-5-13(9-25)26(12-2-3-12)18-23-6-4-17(24-18)19(20,21)22/h4,6,8,11-13H,2-3,5,7,9-10H2,1H3. The number of nitrogens with zero attached hydrogens (tertiary/aromatic N) is 4. The Kier molecular flexibility index (Phi) is 5.20. The molecular weight excluding hydrogens is 389 g/mol. The maximum absolute atomic E-state index is 13.1. The molecule has 1 unspecified atom stereocenters. The van der Waals surface area contributed by atoms with Crippen molar-refractivity contribution in [3.8, 4) is 5.75 Å². The van der Waals surface area contributed by atoms with Gasteiger partial charge in [0.25, 0.3) is 0 Å². The summed E-state index contributed by atoms with van der Waals surface area (Å²) < 4.78 is 49.5. The molecule has 2 aromatic rings. The van der Waals surface area contributed by atoms with Crippen molar-refractivity contribution in [1.82, 2.24) is 14.9 Å². The number of anilines is 1. The number of methoxy groups -OCH3 is 1. The van der Waals surface area contributed by atoms with Crippen LogP contribution in [0.15, 0.2) is 33.8 Å². The second-order valence-electron chi connectivity index (χ2n) is 7.33. The monoisotopic (exact) mass is 410 g/mol. The van der Waals surface area contributed by atoms with Crippen LogP contribution < -0.4 is 15.1 Å². The summed E-state index contributed by atoms with van der Waals surface area (Å²) in [6.45, 7) is 1.81. The van der Waals surface area contributed by atoms with Crippen molar-refractivity contribution < 1.29 is 22.3 Å². The van der Waals surface area contributed by atoms with Crippen molar-refractivity contribution in [2.45, 2.75) is 44.1 Å². The molecule has 1 aliphatic heterocycles. The van der Waals surface area contributed by atoms with Gasteiger partial charge in [-0.3, -0.25) is 9.69 Å². The van der Waals surface area contributed by atoms with E-state index in [-0.39, 0.29) is 29.2 Å². The number of halogens is 3. The molecule has 2 aromatic heterocycles. The number of likely N-dealkylation sites (tertiary alicyclic amines) is 1. The topological polar surface area (TPSA) is 71.7 Å². The van der Waals surface area contributed by atoms with E-state index in [0.29, 0.717) is 18.8 Å². The van der Waals surface area contributed by atoms with E-state index < -0.39 is 11.9 Å². The highest BCUT2D eigenvalue weighted by atomic mass is 19.4. The molecule has 10 heteroatoms. The minimum atomic E-state index is -4.50. The van der Waals surface area contributed by atoms with Crippen LogP contribution >= 0.6 is 0 Å². The molecule has 0 radical (unpaired) electrons. The largest absolute Gasteiger partial charge is 0.490 e. The van der Waals surface area contributed by atoms with E-state index >= 15 is 0 Å². The van der Waals surface area contributed by atoms with Crippen molar-refractivity contribution in [3.63, 3.8) is 0 Å². The van der Waals surface area contributed by atoms with Gasteiger partial charge in [0.05, 0.1) is 13.7 Å². The lowest BCUT2D eigenvalue weighted by Gasteiger charge is -2.29. The average molecular weight is 410 g/mol. The first-order valence-electron chi connectivity index (χ1n) is 9.42. The molecule has 1 atom stereocenters. The van der Waals surface area contributed by atoms with E-state index in [1.807, 2.05) is 4.90 Å². The second kappa shape index (κ2) is 7.66. The summed E-state index contributed by atoms with van der Waals surface area (Å²) in [6, 6.07) is 2.47. The molecule has 1 aliphatic carbocycles. The van der Waals surface area contributed by atoms with Gasteiger partial charge in [-0.25, -0.2) is 9.97 Å². The van der Waals surface area contributed by atoms with Gasteiger partial charge in [0, 0.05) is 37.4 Å². The molecule has 1 saturated carbocycles. The third kappa shape index (κ3) is 4.36. The molecular formula is C19H21F3N4O3. The van der Waals surface area contributed by atoms with E-state index in [9.17, 15) is 18.0 Å². The van der Waals surface area contributed by atoms with E-state index in [2.05, 4.69) is 14.9 Å². The summed E-state index contributed by atoms with van der Waals surface area (Å²) in [5.41, 5.74) is -1.18. The van der Waals surface area contributed by atoms with Crippen LogP contribution in [0.3, 0.4) is 0 Å². The van der Waals surface area contributed by atoms with Gasteiger partial charge in [-0.05, 0) is 25.3 Å². The number of rotatable bonds is 6. The lowest BCUT2D eigenvalue weighted by molar-refractivity contribution is -0.141. The summed E-state index contributed by atoms with van der Waals surface area (Å²) in [5, 5.41) is 0. The van der Waals surface area contributed by atoms with Gasteiger partial charge in [-0.15, -0.1) is 0 Å². The molecule has 1 saturated heterocycles. The maximum Gasteiger partial charge on any atom is 0.433 e. The molecule has 3 heterocycles. The molecule has 0 bridgehead atoms. The fraction of sp³-hybridized carbons (Fsp3) is 0.526. The Morgan fingerprint density at radius 3 is 2.76 bits per heavy atom. The number of hydrogen-bond acceptors (Lipinski definition) is 7. The molecule has 29 heavy (non-hydrogen) atoms. The molecule has 0 amide bonds. The van der Waals surface area contributed by atoms with E-state index in [0.717, 1.165) is 31.9 Å². The van der Waals surface area contributed by atoms with Crippen LogP contribution in [0.25, 0.3) is 0 Å². The van der Waals surface area contributed by atoms with E-state index in [4.69, 9.17) is 9.15 Å². The molecule has 4 rings (SSSR count). The van der Waals surface area contributed by atoms with Gasteiger partial charge < -0.3 is 14.1 Å². The first-order valence-corrected chi connectivity index (χ1v) is 9.42.